The Morgan fingerprint density at radius 2 is 0.521 bits per heavy atom. The number of aromatic nitrogens is 3. The molecule has 12 aromatic carbocycles. The van der Waals surface area contributed by atoms with Crippen molar-refractivity contribution >= 4 is 110 Å². The summed E-state index contributed by atoms with van der Waals surface area (Å²) in [5.41, 5.74) is 17.1. The smallest absolute Gasteiger partial charge is 0.0548 e. The number of fused-ring (bicyclic) bond motifs is 6. The summed E-state index contributed by atoms with van der Waals surface area (Å²) in [4.78, 5) is 4.90. The van der Waals surface area contributed by atoms with Gasteiger partial charge in [-0.05, 0) is 133 Å². The van der Waals surface area contributed by atoms with E-state index in [0.29, 0.717) is 0 Å². The number of rotatable bonds is 9. The van der Waals surface area contributed by atoms with Gasteiger partial charge in [-0.1, -0.05) is 140 Å². The minimum Gasteiger partial charge on any atom is -0.310 e. The normalized spacial score (nSPS) is 11.8. The van der Waals surface area contributed by atoms with E-state index in [9.17, 15) is 0 Å². The first-order valence-electron chi connectivity index (χ1n) is 25.0. The molecule has 0 saturated carbocycles. The van der Waals surface area contributed by atoms with Gasteiger partial charge >= 0.3 is 0 Å². The zero-order chi connectivity index (χ0) is 48.0. The van der Waals surface area contributed by atoms with E-state index in [-0.39, 0.29) is 0 Å². The lowest BCUT2D eigenvalue weighted by Gasteiger charge is -2.28. The van der Waals surface area contributed by atoms with Gasteiger partial charge in [-0.3, -0.25) is 0 Å². The zero-order valence-electron chi connectivity index (χ0n) is 39.7. The third kappa shape index (κ3) is 6.29. The Morgan fingerprint density at radius 3 is 0.918 bits per heavy atom. The second-order valence-electron chi connectivity index (χ2n) is 18.9. The van der Waals surface area contributed by atoms with Crippen molar-refractivity contribution in [3.05, 3.63) is 273 Å². The van der Waals surface area contributed by atoms with Crippen molar-refractivity contribution in [3.63, 3.8) is 0 Å². The Balaban J connectivity index is 0.978. The Hall–Kier alpha value is -9.84. The molecule has 0 saturated heterocycles. The summed E-state index contributed by atoms with van der Waals surface area (Å²) in [6.45, 7) is 0. The quantitative estimate of drug-likeness (QED) is 0.135. The van der Waals surface area contributed by atoms with Gasteiger partial charge in [0.15, 0.2) is 0 Å². The Kier molecular flexibility index (Phi) is 9.19. The van der Waals surface area contributed by atoms with Crippen molar-refractivity contribution in [2.24, 2.45) is 0 Å². The molecule has 5 heteroatoms. The van der Waals surface area contributed by atoms with Gasteiger partial charge in [-0.25, -0.2) is 0 Å². The molecule has 73 heavy (non-hydrogen) atoms. The van der Waals surface area contributed by atoms with Crippen LogP contribution in [0.1, 0.15) is 0 Å². The van der Waals surface area contributed by atoms with Gasteiger partial charge in [-0.2, -0.15) is 0 Å². The molecular formula is C68H45N5. The lowest BCUT2D eigenvalue weighted by atomic mass is 9.97. The summed E-state index contributed by atoms with van der Waals surface area (Å²) >= 11 is 0. The predicted molar refractivity (Wildman–Crippen MR) is 308 cm³/mol. The Morgan fingerprint density at radius 1 is 0.205 bits per heavy atom. The SMILES string of the molecule is c1ccc(N(c2ccc3c(c2)c2ccccc2n3-c2ccccc2)c2ccc3c4c2ccc2c(N(c5ccccc5)c5ccc6c(c5)c5ccccc5n6-c5ccccc5)ccc(c24)n3-c2ccccc2)cc1. The molecule has 0 radical (unpaired) electrons. The maximum absolute atomic E-state index is 2.45. The maximum atomic E-state index is 2.45. The van der Waals surface area contributed by atoms with Crippen LogP contribution in [0.2, 0.25) is 0 Å². The van der Waals surface area contributed by atoms with Crippen LogP contribution < -0.4 is 9.80 Å². The summed E-state index contributed by atoms with van der Waals surface area (Å²) in [6, 6.07) is 99.5. The monoisotopic (exact) mass is 931 g/mol. The third-order valence-electron chi connectivity index (χ3n) is 14.9. The minimum atomic E-state index is 1.09. The van der Waals surface area contributed by atoms with Gasteiger partial charge in [0.25, 0.3) is 0 Å². The largest absolute Gasteiger partial charge is 0.310 e. The van der Waals surface area contributed by atoms with Crippen molar-refractivity contribution < 1.29 is 0 Å². The average molecular weight is 932 g/mol. The molecule has 15 rings (SSSR count). The number of hydrogen-bond acceptors (Lipinski definition) is 2. The summed E-state index contributed by atoms with van der Waals surface area (Å²) in [5, 5.41) is 9.68. The zero-order valence-corrected chi connectivity index (χ0v) is 39.7. The van der Waals surface area contributed by atoms with Crippen molar-refractivity contribution in [2.45, 2.75) is 0 Å². The third-order valence-corrected chi connectivity index (χ3v) is 14.9. The van der Waals surface area contributed by atoms with E-state index in [4.69, 9.17) is 0 Å². The van der Waals surface area contributed by atoms with Gasteiger partial charge in [0.1, 0.15) is 0 Å². The molecule has 342 valence electrons. The van der Waals surface area contributed by atoms with E-state index in [1.165, 1.54) is 76.2 Å². The lowest BCUT2D eigenvalue weighted by Crippen LogP contribution is -2.11. The molecule has 0 unspecified atom stereocenters. The highest BCUT2D eigenvalue weighted by molar-refractivity contribution is 6.29. The number of anilines is 6. The van der Waals surface area contributed by atoms with Crippen LogP contribution in [0.4, 0.5) is 34.1 Å². The summed E-state index contributed by atoms with van der Waals surface area (Å²) in [6.07, 6.45) is 0. The molecule has 0 amide bonds. The fraction of sp³-hybridized carbons (Fsp3) is 0. The van der Waals surface area contributed by atoms with E-state index in [1.807, 2.05) is 0 Å². The predicted octanol–water partition coefficient (Wildman–Crippen LogP) is 18.5. The van der Waals surface area contributed by atoms with Crippen molar-refractivity contribution in [1.82, 2.24) is 13.7 Å². The molecule has 0 aliphatic rings. The maximum Gasteiger partial charge on any atom is 0.0548 e. The van der Waals surface area contributed by atoms with Crippen molar-refractivity contribution in [3.8, 4) is 17.1 Å². The molecule has 0 bridgehead atoms. The van der Waals surface area contributed by atoms with E-state index in [1.54, 1.807) is 0 Å². The highest BCUT2D eigenvalue weighted by Crippen LogP contribution is 2.50. The number of para-hydroxylation sites is 7. The molecule has 0 aliphatic carbocycles. The fourth-order valence-corrected chi connectivity index (χ4v) is 11.9. The van der Waals surface area contributed by atoms with E-state index in [2.05, 4.69) is 296 Å². The van der Waals surface area contributed by atoms with Crippen LogP contribution in [0, 0.1) is 0 Å². The summed E-state index contributed by atoms with van der Waals surface area (Å²) in [5.74, 6) is 0. The minimum absolute atomic E-state index is 1.09. The molecule has 0 fully saturated rings. The van der Waals surface area contributed by atoms with Crippen molar-refractivity contribution in [1.29, 1.82) is 0 Å². The van der Waals surface area contributed by atoms with Crippen LogP contribution in [-0.4, -0.2) is 13.7 Å². The second-order valence-corrected chi connectivity index (χ2v) is 18.9. The first kappa shape index (κ1) is 41.0. The topological polar surface area (TPSA) is 21.3 Å². The van der Waals surface area contributed by atoms with Crippen LogP contribution in [0.3, 0.4) is 0 Å². The average Bonchev–Trinajstić information content (AvgIpc) is 4.10. The molecule has 15 aromatic rings. The van der Waals surface area contributed by atoms with Gasteiger partial charge < -0.3 is 23.5 Å². The highest BCUT2D eigenvalue weighted by Gasteiger charge is 2.26. The van der Waals surface area contributed by atoms with Crippen molar-refractivity contribution in [2.75, 3.05) is 9.80 Å². The van der Waals surface area contributed by atoms with Gasteiger partial charge in [-0.15, -0.1) is 0 Å². The van der Waals surface area contributed by atoms with Crippen LogP contribution in [0.15, 0.2) is 273 Å². The van der Waals surface area contributed by atoms with E-state index >= 15 is 0 Å². The van der Waals surface area contributed by atoms with Crippen LogP contribution >= 0.6 is 0 Å². The van der Waals surface area contributed by atoms with Crippen LogP contribution in [0.25, 0.3) is 93.3 Å². The first-order chi connectivity index (χ1) is 36.3. The lowest BCUT2D eigenvalue weighted by molar-refractivity contribution is 1.18. The Bertz CT molecular complexity index is 4260. The first-order valence-corrected chi connectivity index (χ1v) is 25.0. The Labute approximate surface area is 421 Å². The van der Waals surface area contributed by atoms with Gasteiger partial charge in [0.05, 0.1) is 44.5 Å². The molecule has 5 nitrogen and oxygen atoms in total. The summed E-state index contributed by atoms with van der Waals surface area (Å²) in [7, 11) is 0. The number of benzene rings is 12. The van der Waals surface area contributed by atoms with Crippen LogP contribution in [0.5, 0.6) is 0 Å². The van der Waals surface area contributed by atoms with Crippen LogP contribution in [-0.2, 0) is 0 Å². The second kappa shape index (κ2) is 16.4. The summed E-state index contributed by atoms with van der Waals surface area (Å²) < 4.78 is 7.22. The molecule has 3 aromatic heterocycles. The fourth-order valence-electron chi connectivity index (χ4n) is 11.9. The van der Waals surface area contributed by atoms with E-state index in [0.717, 1.165) is 51.2 Å². The van der Waals surface area contributed by atoms with E-state index < -0.39 is 0 Å². The molecule has 0 N–H and O–H groups in total. The molecule has 0 spiro atoms. The molecule has 0 atom stereocenters. The highest BCUT2D eigenvalue weighted by atomic mass is 15.2. The molecular weight excluding hydrogens is 887 g/mol. The molecule has 0 aliphatic heterocycles. The number of hydrogen-bond donors (Lipinski definition) is 0. The van der Waals surface area contributed by atoms with Gasteiger partial charge in [0.2, 0.25) is 0 Å². The number of nitrogens with zero attached hydrogens (tertiary/aromatic N) is 5. The standard InChI is InChI=1S/C68H45N5/c1-6-20-46(21-7-1)69(51-34-38-63-57(44-51)53-30-16-18-32-59(53)71(63)48-24-10-3-11-25-48)61-40-42-65-67-55(61)36-37-56-62(41-43-66(68(56)67)73(65)50-28-14-5-15-29-50)70(47-22-8-2-9-23-47)52-35-39-64-58(45-52)54-31-17-19-33-60(54)72(64)49-26-12-4-13-27-49/h1-45H. The van der Waals surface area contributed by atoms with Gasteiger partial charge in [0, 0.05) is 82.9 Å². The molecule has 3 heterocycles.